The molecule has 0 atom stereocenters. The molecule has 0 aromatic heterocycles. The number of nitrogens with one attached hydrogen (secondary N) is 2. The van der Waals surface area contributed by atoms with Crippen molar-refractivity contribution in [2.75, 3.05) is 18.4 Å². The SMILES string of the molecule is CCCCCc1ccc(NC(=O)CNCC2CC2)cc1. The molecule has 0 saturated heterocycles. The maximum atomic E-state index is 11.7. The van der Waals surface area contributed by atoms with Crippen molar-refractivity contribution in [3.63, 3.8) is 0 Å². The van der Waals surface area contributed by atoms with Gasteiger partial charge in [0.15, 0.2) is 0 Å². The van der Waals surface area contributed by atoms with Crippen molar-refractivity contribution in [1.29, 1.82) is 0 Å². The molecule has 0 heterocycles. The second-order valence-electron chi connectivity index (χ2n) is 5.78. The summed E-state index contributed by atoms with van der Waals surface area (Å²) >= 11 is 0. The van der Waals surface area contributed by atoms with Crippen LogP contribution in [0.3, 0.4) is 0 Å². The van der Waals surface area contributed by atoms with E-state index >= 15 is 0 Å². The van der Waals surface area contributed by atoms with E-state index in [1.54, 1.807) is 0 Å². The van der Waals surface area contributed by atoms with Gasteiger partial charge in [0.25, 0.3) is 0 Å². The number of hydrogen-bond acceptors (Lipinski definition) is 2. The number of carbonyl (C=O) groups excluding carboxylic acids is 1. The van der Waals surface area contributed by atoms with Crippen LogP contribution in [0.5, 0.6) is 0 Å². The highest BCUT2D eigenvalue weighted by Gasteiger charge is 2.20. The van der Waals surface area contributed by atoms with E-state index in [0.717, 1.165) is 24.6 Å². The normalized spacial score (nSPS) is 14.2. The second-order valence-corrected chi connectivity index (χ2v) is 5.78. The average molecular weight is 274 g/mol. The molecule has 3 nitrogen and oxygen atoms in total. The first-order valence-corrected chi connectivity index (χ1v) is 7.87. The van der Waals surface area contributed by atoms with Crippen molar-refractivity contribution in [1.82, 2.24) is 5.32 Å². The second kappa shape index (κ2) is 8.05. The molecule has 1 fully saturated rings. The lowest BCUT2D eigenvalue weighted by molar-refractivity contribution is -0.115. The standard InChI is InChI=1S/C17H26N2O/c1-2-3-4-5-14-8-10-16(11-9-14)19-17(20)13-18-12-15-6-7-15/h8-11,15,18H,2-7,12-13H2,1H3,(H,19,20). The Labute approximate surface area is 122 Å². The molecule has 0 radical (unpaired) electrons. The molecule has 110 valence electrons. The molecule has 2 N–H and O–H groups in total. The zero-order valence-corrected chi connectivity index (χ0v) is 12.5. The van der Waals surface area contributed by atoms with E-state index in [-0.39, 0.29) is 5.91 Å². The quantitative estimate of drug-likeness (QED) is 0.678. The maximum absolute atomic E-state index is 11.7. The molecule has 0 spiro atoms. The first-order chi connectivity index (χ1) is 9.78. The summed E-state index contributed by atoms with van der Waals surface area (Å²) in [4.78, 5) is 11.7. The summed E-state index contributed by atoms with van der Waals surface area (Å²) in [5, 5.41) is 6.13. The molecular formula is C17H26N2O. The lowest BCUT2D eigenvalue weighted by Gasteiger charge is -2.07. The number of amides is 1. The van der Waals surface area contributed by atoms with Gasteiger partial charge >= 0.3 is 0 Å². The van der Waals surface area contributed by atoms with E-state index in [4.69, 9.17) is 0 Å². The zero-order valence-electron chi connectivity index (χ0n) is 12.5. The van der Waals surface area contributed by atoms with Crippen molar-refractivity contribution in [3.8, 4) is 0 Å². The van der Waals surface area contributed by atoms with Gasteiger partial charge in [0.05, 0.1) is 6.54 Å². The molecule has 1 aliphatic carbocycles. The van der Waals surface area contributed by atoms with Crippen LogP contribution in [0, 0.1) is 5.92 Å². The summed E-state index contributed by atoms with van der Waals surface area (Å²) in [5.74, 6) is 0.856. The van der Waals surface area contributed by atoms with Crippen LogP contribution in [-0.2, 0) is 11.2 Å². The Morgan fingerprint density at radius 2 is 1.95 bits per heavy atom. The van der Waals surface area contributed by atoms with Crippen LogP contribution >= 0.6 is 0 Å². The molecule has 0 aliphatic heterocycles. The number of benzene rings is 1. The smallest absolute Gasteiger partial charge is 0.238 e. The van der Waals surface area contributed by atoms with Gasteiger partial charge < -0.3 is 10.6 Å². The predicted molar refractivity (Wildman–Crippen MR) is 83.9 cm³/mol. The van der Waals surface area contributed by atoms with Crippen LogP contribution in [0.4, 0.5) is 5.69 Å². The number of unbranched alkanes of at least 4 members (excludes halogenated alkanes) is 2. The highest BCUT2D eigenvalue weighted by molar-refractivity contribution is 5.92. The van der Waals surface area contributed by atoms with Crippen molar-refractivity contribution in [2.45, 2.75) is 45.4 Å². The van der Waals surface area contributed by atoms with Crippen molar-refractivity contribution >= 4 is 11.6 Å². The van der Waals surface area contributed by atoms with E-state index in [9.17, 15) is 4.79 Å². The van der Waals surface area contributed by atoms with Gasteiger partial charge in [-0.05, 0) is 55.8 Å². The van der Waals surface area contributed by atoms with Crippen LogP contribution < -0.4 is 10.6 Å². The van der Waals surface area contributed by atoms with E-state index in [2.05, 4.69) is 29.7 Å². The summed E-state index contributed by atoms with van der Waals surface area (Å²) in [5.41, 5.74) is 2.24. The largest absolute Gasteiger partial charge is 0.325 e. The lowest BCUT2D eigenvalue weighted by Crippen LogP contribution is -2.29. The molecule has 1 aromatic carbocycles. The third-order valence-electron chi connectivity index (χ3n) is 3.72. The summed E-state index contributed by atoms with van der Waals surface area (Å²) in [6.45, 7) is 3.61. The van der Waals surface area contributed by atoms with Crippen LogP contribution in [0.25, 0.3) is 0 Å². The van der Waals surface area contributed by atoms with Crippen molar-refractivity contribution < 1.29 is 4.79 Å². The summed E-state index contributed by atoms with van der Waals surface area (Å²) < 4.78 is 0. The van der Waals surface area contributed by atoms with Gasteiger partial charge in [-0.3, -0.25) is 4.79 Å². The molecule has 3 heteroatoms. The highest BCUT2D eigenvalue weighted by Crippen LogP contribution is 2.27. The fraction of sp³-hybridized carbons (Fsp3) is 0.588. The first-order valence-electron chi connectivity index (χ1n) is 7.87. The lowest BCUT2D eigenvalue weighted by atomic mass is 10.1. The van der Waals surface area contributed by atoms with E-state index in [1.807, 2.05) is 12.1 Å². The first kappa shape index (κ1) is 15.0. The topological polar surface area (TPSA) is 41.1 Å². The average Bonchev–Trinajstić information content (AvgIpc) is 3.25. The van der Waals surface area contributed by atoms with Crippen molar-refractivity contribution in [3.05, 3.63) is 29.8 Å². The van der Waals surface area contributed by atoms with Gasteiger partial charge in [-0.1, -0.05) is 31.9 Å². The van der Waals surface area contributed by atoms with Gasteiger partial charge in [0.2, 0.25) is 5.91 Å². The van der Waals surface area contributed by atoms with Crippen LogP contribution in [0.1, 0.15) is 44.6 Å². The van der Waals surface area contributed by atoms with Gasteiger partial charge in [0.1, 0.15) is 0 Å². The van der Waals surface area contributed by atoms with Crippen LogP contribution in [-0.4, -0.2) is 19.0 Å². The Kier molecular flexibility index (Phi) is 6.06. The van der Waals surface area contributed by atoms with E-state index in [1.165, 1.54) is 37.7 Å². The Morgan fingerprint density at radius 3 is 2.60 bits per heavy atom. The summed E-state index contributed by atoms with van der Waals surface area (Å²) in [6.07, 6.45) is 7.54. The van der Waals surface area contributed by atoms with Gasteiger partial charge in [-0.2, -0.15) is 0 Å². The molecule has 20 heavy (non-hydrogen) atoms. The van der Waals surface area contributed by atoms with E-state index < -0.39 is 0 Å². The van der Waals surface area contributed by atoms with Gasteiger partial charge in [-0.25, -0.2) is 0 Å². The Bertz CT molecular complexity index is 410. The molecular weight excluding hydrogens is 248 g/mol. The van der Waals surface area contributed by atoms with Gasteiger partial charge in [-0.15, -0.1) is 0 Å². The number of aryl methyl sites for hydroxylation is 1. The van der Waals surface area contributed by atoms with Crippen LogP contribution in [0.15, 0.2) is 24.3 Å². The third-order valence-corrected chi connectivity index (χ3v) is 3.72. The Hall–Kier alpha value is -1.35. The monoisotopic (exact) mass is 274 g/mol. The summed E-state index contributed by atoms with van der Waals surface area (Å²) in [6, 6.07) is 8.23. The number of anilines is 1. The fourth-order valence-corrected chi connectivity index (χ4v) is 2.25. The van der Waals surface area contributed by atoms with E-state index in [0.29, 0.717) is 6.54 Å². The minimum absolute atomic E-state index is 0.0457. The molecule has 1 saturated carbocycles. The predicted octanol–water partition coefficient (Wildman–Crippen LogP) is 3.36. The minimum atomic E-state index is 0.0457. The Balaban J connectivity index is 1.67. The number of hydrogen-bond donors (Lipinski definition) is 2. The molecule has 2 rings (SSSR count). The fourth-order valence-electron chi connectivity index (χ4n) is 2.25. The zero-order chi connectivity index (χ0) is 14.2. The number of rotatable bonds is 9. The van der Waals surface area contributed by atoms with Crippen molar-refractivity contribution in [2.24, 2.45) is 5.92 Å². The molecule has 0 unspecified atom stereocenters. The Morgan fingerprint density at radius 1 is 1.20 bits per heavy atom. The van der Waals surface area contributed by atoms with Crippen LogP contribution in [0.2, 0.25) is 0 Å². The third kappa shape index (κ3) is 5.74. The highest BCUT2D eigenvalue weighted by atomic mass is 16.1. The molecule has 1 aliphatic rings. The molecule has 1 aromatic rings. The maximum Gasteiger partial charge on any atom is 0.238 e. The minimum Gasteiger partial charge on any atom is -0.325 e. The van der Waals surface area contributed by atoms with Gasteiger partial charge in [0, 0.05) is 5.69 Å². The molecule has 0 bridgehead atoms. The molecule has 1 amide bonds. The number of carbonyl (C=O) groups is 1. The summed E-state index contributed by atoms with van der Waals surface area (Å²) in [7, 11) is 0.